The first-order valence-electron chi connectivity index (χ1n) is 8.50. The number of rotatable bonds is 8. The molecule has 2 rings (SSSR count). The lowest BCUT2D eigenvalue weighted by Gasteiger charge is -2.20. The van der Waals surface area contributed by atoms with Crippen LogP contribution in [-0.4, -0.2) is 37.6 Å². The monoisotopic (exact) mass is 370 g/mol. The molecule has 0 heterocycles. The van der Waals surface area contributed by atoms with Crippen LogP contribution in [0, 0.1) is 0 Å². The first kappa shape index (κ1) is 19.1. The molecule has 1 fully saturated rings. The zero-order valence-corrected chi connectivity index (χ0v) is 15.7. The van der Waals surface area contributed by atoms with Gasteiger partial charge in [-0.15, -0.1) is 0 Å². The number of hydrogen-bond donors (Lipinski definition) is 2. The van der Waals surface area contributed by atoms with Gasteiger partial charge in [-0.2, -0.15) is 11.8 Å². The molecule has 1 saturated carbocycles. The van der Waals surface area contributed by atoms with Crippen molar-refractivity contribution in [1.82, 2.24) is 5.32 Å². The minimum atomic E-state index is -3.29. The molecule has 0 atom stereocenters. The summed E-state index contributed by atoms with van der Waals surface area (Å²) in [6.45, 7) is 2.24. The fourth-order valence-corrected chi connectivity index (χ4v) is 4.52. The molecule has 0 unspecified atom stereocenters. The SMILES string of the molecule is CCS(=O)(=O)Nc1ccc(C(=O)NCCSC2CCCCC2)cc1. The smallest absolute Gasteiger partial charge is 0.251 e. The molecule has 0 radical (unpaired) electrons. The molecular formula is C17H26N2O3S2. The Balaban J connectivity index is 1.74. The van der Waals surface area contributed by atoms with E-state index in [2.05, 4.69) is 10.0 Å². The Hall–Kier alpha value is -1.21. The van der Waals surface area contributed by atoms with Gasteiger partial charge in [0.1, 0.15) is 0 Å². The number of hydrogen-bond acceptors (Lipinski definition) is 4. The van der Waals surface area contributed by atoms with E-state index in [-0.39, 0.29) is 11.7 Å². The summed E-state index contributed by atoms with van der Waals surface area (Å²) in [6.07, 6.45) is 6.62. The Labute approximate surface area is 149 Å². The van der Waals surface area contributed by atoms with Gasteiger partial charge in [0.2, 0.25) is 10.0 Å². The number of thioether (sulfide) groups is 1. The van der Waals surface area contributed by atoms with E-state index in [0.717, 1.165) is 11.0 Å². The molecule has 0 bridgehead atoms. The van der Waals surface area contributed by atoms with E-state index in [0.29, 0.717) is 17.8 Å². The second kappa shape index (κ2) is 9.32. The molecule has 1 aromatic carbocycles. The number of benzene rings is 1. The fourth-order valence-electron chi connectivity index (χ4n) is 2.67. The van der Waals surface area contributed by atoms with Crippen LogP contribution in [-0.2, 0) is 10.0 Å². The van der Waals surface area contributed by atoms with Crippen LogP contribution in [0.3, 0.4) is 0 Å². The predicted molar refractivity (Wildman–Crippen MR) is 101 cm³/mol. The molecular weight excluding hydrogens is 344 g/mol. The zero-order chi connectivity index (χ0) is 17.4. The molecule has 5 nitrogen and oxygen atoms in total. The number of anilines is 1. The van der Waals surface area contributed by atoms with Crippen LogP contribution in [0.15, 0.2) is 24.3 Å². The van der Waals surface area contributed by atoms with Gasteiger partial charge in [0.15, 0.2) is 0 Å². The summed E-state index contributed by atoms with van der Waals surface area (Å²) >= 11 is 1.95. The fraction of sp³-hybridized carbons (Fsp3) is 0.588. The highest BCUT2D eigenvalue weighted by atomic mass is 32.2. The largest absolute Gasteiger partial charge is 0.351 e. The molecule has 134 valence electrons. The molecule has 24 heavy (non-hydrogen) atoms. The first-order valence-corrected chi connectivity index (χ1v) is 11.2. The summed E-state index contributed by atoms with van der Waals surface area (Å²) < 4.78 is 25.5. The third kappa shape index (κ3) is 6.36. The van der Waals surface area contributed by atoms with Gasteiger partial charge in [0, 0.05) is 28.8 Å². The average Bonchev–Trinajstić information content (AvgIpc) is 2.60. The van der Waals surface area contributed by atoms with E-state index < -0.39 is 10.0 Å². The van der Waals surface area contributed by atoms with Crippen LogP contribution in [0.5, 0.6) is 0 Å². The van der Waals surface area contributed by atoms with Crippen LogP contribution in [0.4, 0.5) is 5.69 Å². The summed E-state index contributed by atoms with van der Waals surface area (Å²) in [6, 6.07) is 6.49. The zero-order valence-electron chi connectivity index (χ0n) is 14.1. The maximum absolute atomic E-state index is 12.1. The number of nitrogens with one attached hydrogen (secondary N) is 2. The average molecular weight is 371 g/mol. The summed E-state index contributed by atoms with van der Waals surface area (Å²) in [5, 5.41) is 3.67. The van der Waals surface area contributed by atoms with Gasteiger partial charge >= 0.3 is 0 Å². The molecule has 0 aliphatic heterocycles. The summed E-state index contributed by atoms with van der Waals surface area (Å²) in [5.41, 5.74) is 1.01. The standard InChI is InChI=1S/C17H26N2O3S2/c1-2-24(21,22)19-15-10-8-14(9-11-15)17(20)18-12-13-23-16-6-4-3-5-7-16/h8-11,16,19H,2-7,12-13H2,1H3,(H,18,20). The third-order valence-corrected chi connectivity index (χ3v) is 6.78. The van der Waals surface area contributed by atoms with Crippen LogP contribution < -0.4 is 10.0 Å². The van der Waals surface area contributed by atoms with Gasteiger partial charge in [-0.25, -0.2) is 8.42 Å². The minimum absolute atomic E-state index is 0.0217. The quantitative estimate of drug-likeness (QED) is 0.689. The van der Waals surface area contributed by atoms with E-state index in [1.165, 1.54) is 32.1 Å². The van der Waals surface area contributed by atoms with Crippen molar-refractivity contribution in [1.29, 1.82) is 0 Å². The predicted octanol–water partition coefficient (Wildman–Crippen LogP) is 3.24. The van der Waals surface area contributed by atoms with Gasteiger partial charge in [-0.1, -0.05) is 19.3 Å². The summed E-state index contributed by atoms with van der Waals surface area (Å²) in [7, 11) is -3.29. The lowest BCUT2D eigenvalue weighted by molar-refractivity contribution is 0.0956. The Morgan fingerprint density at radius 3 is 2.46 bits per heavy atom. The van der Waals surface area contributed by atoms with Crippen LogP contribution >= 0.6 is 11.8 Å². The molecule has 1 aliphatic carbocycles. The molecule has 0 aromatic heterocycles. The Morgan fingerprint density at radius 1 is 1.17 bits per heavy atom. The van der Waals surface area contributed by atoms with Crippen molar-refractivity contribution in [2.45, 2.75) is 44.3 Å². The van der Waals surface area contributed by atoms with E-state index in [1.807, 2.05) is 11.8 Å². The van der Waals surface area contributed by atoms with Gasteiger partial charge < -0.3 is 5.32 Å². The highest BCUT2D eigenvalue weighted by molar-refractivity contribution is 7.99. The third-order valence-electron chi connectivity index (χ3n) is 4.09. The Kier molecular flexibility index (Phi) is 7.42. The van der Waals surface area contributed by atoms with Crippen LogP contribution in [0.2, 0.25) is 0 Å². The maximum Gasteiger partial charge on any atom is 0.251 e. The van der Waals surface area contributed by atoms with Crippen molar-refractivity contribution >= 4 is 33.4 Å². The van der Waals surface area contributed by atoms with E-state index in [4.69, 9.17) is 0 Å². The van der Waals surface area contributed by atoms with Crippen LogP contribution in [0.1, 0.15) is 49.4 Å². The van der Waals surface area contributed by atoms with Gasteiger partial charge in [0.05, 0.1) is 5.75 Å². The van der Waals surface area contributed by atoms with Crippen molar-refractivity contribution < 1.29 is 13.2 Å². The van der Waals surface area contributed by atoms with Crippen LogP contribution in [0.25, 0.3) is 0 Å². The molecule has 0 spiro atoms. The van der Waals surface area contributed by atoms with Crippen molar-refractivity contribution in [3.8, 4) is 0 Å². The molecule has 2 N–H and O–H groups in total. The van der Waals surface area contributed by atoms with Crippen molar-refractivity contribution in [3.63, 3.8) is 0 Å². The summed E-state index contributed by atoms with van der Waals surface area (Å²) in [4.78, 5) is 12.1. The van der Waals surface area contributed by atoms with E-state index in [9.17, 15) is 13.2 Å². The molecule has 0 saturated heterocycles. The van der Waals surface area contributed by atoms with Crippen molar-refractivity contribution in [3.05, 3.63) is 29.8 Å². The van der Waals surface area contributed by atoms with E-state index in [1.54, 1.807) is 31.2 Å². The lowest BCUT2D eigenvalue weighted by Crippen LogP contribution is -2.26. The van der Waals surface area contributed by atoms with Gasteiger partial charge in [-0.3, -0.25) is 9.52 Å². The molecule has 1 aromatic rings. The second-order valence-corrected chi connectivity index (χ2v) is 9.39. The highest BCUT2D eigenvalue weighted by Crippen LogP contribution is 2.27. The number of carbonyl (C=O) groups is 1. The van der Waals surface area contributed by atoms with Gasteiger partial charge in [-0.05, 0) is 44.0 Å². The first-order chi connectivity index (χ1) is 11.5. The minimum Gasteiger partial charge on any atom is -0.351 e. The van der Waals surface area contributed by atoms with Crippen molar-refractivity contribution in [2.75, 3.05) is 22.8 Å². The molecule has 1 amide bonds. The topological polar surface area (TPSA) is 75.3 Å². The number of amides is 1. The van der Waals surface area contributed by atoms with E-state index >= 15 is 0 Å². The maximum atomic E-state index is 12.1. The van der Waals surface area contributed by atoms with Gasteiger partial charge in [0.25, 0.3) is 5.91 Å². The molecule has 7 heteroatoms. The van der Waals surface area contributed by atoms with Crippen molar-refractivity contribution in [2.24, 2.45) is 0 Å². The molecule has 1 aliphatic rings. The Morgan fingerprint density at radius 2 is 1.83 bits per heavy atom. The second-order valence-electron chi connectivity index (χ2n) is 5.97. The normalized spacial score (nSPS) is 15.9. The number of carbonyl (C=O) groups excluding carboxylic acids is 1. The lowest BCUT2D eigenvalue weighted by atomic mass is 10.0. The highest BCUT2D eigenvalue weighted by Gasteiger charge is 2.13. The number of sulfonamides is 1. The summed E-state index contributed by atoms with van der Waals surface area (Å²) in [5.74, 6) is 0.836. The Bertz CT molecular complexity index is 624.